The smallest absolute Gasteiger partial charge is 0.150 e. The Bertz CT molecular complexity index is 443. The molecule has 0 spiro atoms. The van der Waals surface area contributed by atoms with Gasteiger partial charge in [-0.15, -0.1) is 0 Å². The zero-order valence-corrected chi connectivity index (χ0v) is 10.8. The van der Waals surface area contributed by atoms with E-state index < -0.39 is 5.60 Å². The first kappa shape index (κ1) is 13.1. The van der Waals surface area contributed by atoms with Crippen LogP contribution in [-0.4, -0.2) is 42.1 Å². The second kappa shape index (κ2) is 5.08. The van der Waals surface area contributed by atoms with E-state index in [0.29, 0.717) is 18.7 Å². The topological polar surface area (TPSA) is 49.8 Å². The molecular formula is C14H19NO3. The van der Waals surface area contributed by atoms with Crippen LogP contribution in [0.5, 0.6) is 5.75 Å². The fraction of sp³-hybridized carbons (Fsp3) is 0.500. The Morgan fingerprint density at radius 3 is 2.89 bits per heavy atom. The van der Waals surface area contributed by atoms with E-state index >= 15 is 0 Å². The number of likely N-dealkylation sites (tertiary alicyclic amines) is 1. The van der Waals surface area contributed by atoms with Gasteiger partial charge in [-0.1, -0.05) is 0 Å². The molecule has 1 aliphatic heterocycles. The number of methoxy groups -OCH3 is 1. The molecule has 0 bridgehead atoms. The quantitative estimate of drug-likeness (QED) is 0.821. The fourth-order valence-electron chi connectivity index (χ4n) is 2.41. The number of β-amino-alcohol motifs (C(OH)–C–C–N with tert-alkyl or cyclic N) is 1. The first-order valence-corrected chi connectivity index (χ1v) is 6.11. The Hall–Kier alpha value is -1.39. The monoisotopic (exact) mass is 249 g/mol. The lowest BCUT2D eigenvalue weighted by Gasteiger charge is -2.20. The maximum atomic E-state index is 10.8. The Balaban J connectivity index is 2.15. The first-order valence-electron chi connectivity index (χ1n) is 6.11. The normalized spacial score (nSPS) is 24.2. The molecule has 1 fully saturated rings. The SMILES string of the molecule is COc1ccc(C=O)cc1CN1CCC(C)(O)C1. The van der Waals surface area contributed by atoms with Crippen molar-refractivity contribution in [1.82, 2.24) is 4.90 Å². The number of carbonyl (C=O) groups excluding carboxylic acids is 1. The van der Waals surface area contributed by atoms with Crippen LogP contribution in [-0.2, 0) is 6.54 Å². The van der Waals surface area contributed by atoms with Crippen molar-refractivity contribution < 1.29 is 14.6 Å². The highest BCUT2D eigenvalue weighted by Gasteiger charge is 2.31. The van der Waals surface area contributed by atoms with Gasteiger partial charge in [0, 0.05) is 30.8 Å². The van der Waals surface area contributed by atoms with Crippen molar-refractivity contribution in [3.8, 4) is 5.75 Å². The molecule has 4 heteroatoms. The molecule has 98 valence electrons. The summed E-state index contributed by atoms with van der Waals surface area (Å²) in [6.45, 7) is 4.07. The van der Waals surface area contributed by atoms with Gasteiger partial charge in [-0.2, -0.15) is 0 Å². The molecule has 4 nitrogen and oxygen atoms in total. The molecule has 2 rings (SSSR count). The second-order valence-electron chi connectivity index (χ2n) is 5.15. The Labute approximate surface area is 107 Å². The van der Waals surface area contributed by atoms with Gasteiger partial charge in [0.2, 0.25) is 0 Å². The molecule has 0 aromatic heterocycles. The van der Waals surface area contributed by atoms with Gasteiger partial charge < -0.3 is 9.84 Å². The van der Waals surface area contributed by atoms with Crippen LogP contribution in [0.1, 0.15) is 29.3 Å². The van der Waals surface area contributed by atoms with Gasteiger partial charge in [-0.3, -0.25) is 9.69 Å². The number of carbonyl (C=O) groups is 1. The minimum absolute atomic E-state index is 0.602. The van der Waals surface area contributed by atoms with Crippen molar-refractivity contribution >= 4 is 6.29 Å². The van der Waals surface area contributed by atoms with E-state index in [0.717, 1.165) is 30.6 Å². The fourth-order valence-corrected chi connectivity index (χ4v) is 2.41. The zero-order valence-electron chi connectivity index (χ0n) is 10.8. The van der Waals surface area contributed by atoms with Crippen molar-refractivity contribution in [3.05, 3.63) is 29.3 Å². The van der Waals surface area contributed by atoms with E-state index in [1.807, 2.05) is 19.1 Å². The summed E-state index contributed by atoms with van der Waals surface area (Å²) >= 11 is 0. The van der Waals surface area contributed by atoms with Crippen LogP contribution in [0.25, 0.3) is 0 Å². The van der Waals surface area contributed by atoms with Crippen molar-refractivity contribution in [2.75, 3.05) is 20.2 Å². The number of ether oxygens (including phenoxy) is 1. The van der Waals surface area contributed by atoms with Crippen LogP contribution in [0.2, 0.25) is 0 Å². The number of nitrogens with zero attached hydrogens (tertiary/aromatic N) is 1. The average molecular weight is 249 g/mol. The first-order chi connectivity index (χ1) is 8.54. The molecule has 0 saturated carbocycles. The Kier molecular flexibility index (Phi) is 3.68. The van der Waals surface area contributed by atoms with Crippen molar-refractivity contribution in [2.45, 2.75) is 25.5 Å². The number of rotatable bonds is 4. The maximum Gasteiger partial charge on any atom is 0.150 e. The van der Waals surface area contributed by atoms with Crippen LogP contribution in [0.4, 0.5) is 0 Å². The van der Waals surface area contributed by atoms with Gasteiger partial charge in [0.1, 0.15) is 12.0 Å². The largest absolute Gasteiger partial charge is 0.496 e. The third kappa shape index (κ3) is 2.89. The molecule has 1 atom stereocenters. The van der Waals surface area contributed by atoms with E-state index in [2.05, 4.69) is 4.90 Å². The van der Waals surface area contributed by atoms with Crippen LogP contribution in [0, 0.1) is 0 Å². The van der Waals surface area contributed by atoms with Crippen LogP contribution in [0.3, 0.4) is 0 Å². The summed E-state index contributed by atoms with van der Waals surface area (Å²) in [7, 11) is 1.62. The molecule has 1 saturated heterocycles. The highest BCUT2D eigenvalue weighted by molar-refractivity contribution is 5.75. The second-order valence-corrected chi connectivity index (χ2v) is 5.15. The number of benzene rings is 1. The number of hydrogen-bond acceptors (Lipinski definition) is 4. The molecule has 1 N–H and O–H groups in total. The molecule has 1 aromatic carbocycles. The van der Waals surface area contributed by atoms with Gasteiger partial charge in [0.05, 0.1) is 12.7 Å². The molecule has 1 heterocycles. The third-order valence-electron chi connectivity index (χ3n) is 3.37. The zero-order chi connectivity index (χ0) is 13.2. The maximum absolute atomic E-state index is 10.8. The van der Waals surface area contributed by atoms with Gasteiger partial charge in [0.25, 0.3) is 0 Å². The molecule has 0 radical (unpaired) electrons. The summed E-state index contributed by atoms with van der Waals surface area (Å²) in [5.41, 5.74) is 1.03. The molecule has 1 aliphatic rings. The van der Waals surface area contributed by atoms with Crippen molar-refractivity contribution in [3.63, 3.8) is 0 Å². The Morgan fingerprint density at radius 2 is 2.33 bits per heavy atom. The summed E-state index contributed by atoms with van der Waals surface area (Å²) in [5, 5.41) is 9.94. The van der Waals surface area contributed by atoms with E-state index in [9.17, 15) is 9.90 Å². The molecule has 1 aromatic rings. The minimum Gasteiger partial charge on any atom is -0.496 e. The summed E-state index contributed by atoms with van der Waals surface area (Å²) in [6, 6.07) is 5.40. The van der Waals surface area contributed by atoms with Crippen molar-refractivity contribution in [1.29, 1.82) is 0 Å². The molecule has 0 aliphatic carbocycles. The summed E-state index contributed by atoms with van der Waals surface area (Å²) in [4.78, 5) is 13.0. The number of aldehydes is 1. The van der Waals surface area contributed by atoms with Crippen LogP contribution < -0.4 is 4.74 Å². The molecular weight excluding hydrogens is 230 g/mol. The molecule has 18 heavy (non-hydrogen) atoms. The van der Waals surface area contributed by atoms with E-state index in [-0.39, 0.29) is 0 Å². The summed E-state index contributed by atoms with van der Waals surface area (Å²) in [5.74, 6) is 0.784. The lowest BCUT2D eigenvalue weighted by Crippen LogP contribution is -2.29. The van der Waals surface area contributed by atoms with Crippen molar-refractivity contribution in [2.24, 2.45) is 0 Å². The lowest BCUT2D eigenvalue weighted by atomic mass is 10.1. The predicted octanol–water partition coefficient (Wildman–Crippen LogP) is 1.46. The Morgan fingerprint density at radius 1 is 1.56 bits per heavy atom. The molecule has 0 amide bonds. The highest BCUT2D eigenvalue weighted by Crippen LogP contribution is 2.26. The van der Waals surface area contributed by atoms with Crippen LogP contribution >= 0.6 is 0 Å². The van der Waals surface area contributed by atoms with Gasteiger partial charge in [0.15, 0.2) is 0 Å². The third-order valence-corrected chi connectivity index (χ3v) is 3.37. The van der Waals surface area contributed by atoms with E-state index in [1.54, 1.807) is 13.2 Å². The van der Waals surface area contributed by atoms with Crippen LogP contribution in [0.15, 0.2) is 18.2 Å². The van der Waals surface area contributed by atoms with Gasteiger partial charge >= 0.3 is 0 Å². The predicted molar refractivity (Wildman–Crippen MR) is 68.9 cm³/mol. The molecule has 1 unspecified atom stereocenters. The van der Waals surface area contributed by atoms with E-state index in [4.69, 9.17) is 4.74 Å². The van der Waals surface area contributed by atoms with Gasteiger partial charge in [-0.05, 0) is 31.5 Å². The lowest BCUT2D eigenvalue weighted by molar-refractivity contribution is 0.0677. The number of hydrogen-bond donors (Lipinski definition) is 1. The summed E-state index contributed by atoms with van der Waals surface area (Å²) < 4.78 is 5.30. The van der Waals surface area contributed by atoms with Gasteiger partial charge in [-0.25, -0.2) is 0 Å². The van der Waals surface area contributed by atoms with E-state index in [1.165, 1.54) is 0 Å². The highest BCUT2D eigenvalue weighted by atomic mass is 16.5. The standard InChI is InChI=1S/C14H19NO3/c1-14(17)5-6-15(10-14)8-12-7-11(9-16)3-4-13(12)18-2/h3-4,7,9,17H,5-6,8,10H2,1-2H3. The summed E-state index contributed by atoms with van der Waals surface area (Å²) in [6.07, 6.45) is 1.62. The number of aliphatic hydroxyl groups is 1. The minimum atomic E-state index is -0.602. The average Bonchev–Trinajstić information content (AvgIpc) is 2.68.